The van der Waals surface area contributed by atoms with Crippen LogP contribution >= 0.6 is 7.94 Å². The van der Waals surface area contributed by atoms with Crippen molar-refractivity contribution in [3.8, 4) is 0 Å². The molecule has 0 saturated carbocycles. The Kier molecular flexibility index (Phi) is 5.77. The summed E-state index contributed by atoms with van der Waals surface area (Å²) >= 11 is 0. The molecule has 0 aliphatic carbocycles. The highest BCUT2D eigenvalue weighted by molar-refractivity contribution is 7.64. The molecule has 5 nitrogen and oxygen atoms in total. The number of hydrogen-bond donors (Lipinski definition) is 0. The molecule has 0 aromatic heterocycles. The third-order valence-electron chi connectivity index (χ3n) is 3.10. The van der Waals surface area contributed by atoms with Gasteiger partial charge in [-0.15, -0.1) is 19.1 Å². The molecule has 17 heavy (non-hydrogen) atoms. The zero-order valence-electron chi connectivity index (χ0n) is 12.2. The highest BCUT2D eigenvalue weighted by Crippen LogP contribution is 2.65. The molecular weight excluding hydrogens is 235 g/mol. The average molecular weight is 263 g/mol. The molecule has 0 unspecified atom stereocenters. The zero-order chi connectivity index (χ0) is 13.1. The topological polar surface area (TPSA) is 22.2 Å². The van der Waals surface area contributed by atoms with Gasteiger partial charge in [-0.3, -0.25) is 0 Å². The largest absolute Gasteiger partial charge is 0.393 e. The van der Waals surface area contributed by atoms with Crippen LogP contribution in [0.4, 0.5) is 0 Å². The molecule has 6 heteroatoms. The minimum atomic E-state index is -1.85. The van der Waals surface area contributed by atoms with Crippen LogP contribution in [0.3, 0.4) is 0 Å². The van der Waals surface area contributed by atoms with Crippen LogP contribution in [-0.4, -0.2) is 74.5 Å². The van der Waals surface area contributed by atoms with Crippen molar-refractivity contribution in [1.82, 2.24) is 19.1 Å². The van der Waals surface area contributed by atoms with Crippen LogP contribution in [0.2, 0.25) is 0 Å². The second-order valence-electron chi connectivity index (χ2n) is 5.13. The molecule has 102 valence electrons. The third kappa shape index (κ3) is 3.37. The van der Waals surface area contributed by atoms with Crippen LogP contribution in [-0.2, 0) is 4.62 Å². The van der Waals surface area contributed by atoms with Gasteiger partial charge >= 0.3 is 7.94 Å². The number of piperidine rings is 1. The van der Waals surface area contributed by atoms with Crippen LogP contribution in [0.5, 0.6) is 0 Å². The Morgan fingerprint density at radius 2 is 1.18 bits per heavy atom. The van der Waals surface area contributed by atoms with E-state index in [4.69, 9.17) is 4.62 Å². The predicted molar refractivity (Wildman–Crippen MR) is 74.5 cm³/mol. The van der Waals surface area contributed by atoms with E-state index < -0.39 is 7.94 Å². The average Bonchev–Trinajstić information content (AvgIpc) is 2.25. The SMILES string of the molecule is CN(C)[P+](ON1CCCCC1)(N(C)C)N(C)C. The lowest BCUT2D eigenvalue weighted by molar-refractivity contribution is -0.0851. The normalized spacial score (nSPS) is 19.6. The van der Waals surface area contributed by atoms with E-state index in [9.17, 15) is 0 Å². The monoisotopic (exact) mass is 263 g/mol. The Bertz CT molecular complexity index is 208. The van der Waals surface area contributed by atoms with Gasteiger partial charge in [0.2, 0.25) is 0 Å². The first-order valence-corrected chi connectivity index (χ1v) is 7.85. The van der Waals surface area contributed by atoms with Gasteiger partial charge in [0.05, 0.1) is 0 Å². The summed E-state index contributed by atoms with van der Waals surface area (Å²) in [5.41, 5.74) is 0. The lowest BCUT2D eigenvalue weighted by Crippen LogP contribution is -2.42. The number of nitrogens with zero attached hydrogens (tertiary/aromatic N) is 4. The van der Waals surface area contributed by atoms with Crippen molar-refractivity contribution in [1.29, 1.82) is 0 Å². The second kappa shape index (κ2) is 6.41. The minimum absolute atomic E-state index is 1.05. The molecule has 0 spiro atoms. The molecule has 0 bridgehead atoms. The van der Waals surface area contributed by atoms with E-state index in [2.05, 4.69) is 61.4 Å². The molecule has 0 radical (unpaired) electrons. The third-order valence-corrected chi connectivity index (χ3v) is 6.68. The molecule has 1 aliphatic heterocycles. The van der Waals surface area contributed by atoms with Gasteiger partial charge in [0.15, 0.2) is 0 Å². The standard InChI is InChI=1S/C11H28N4OP/c1-12(2)17(13(3)4,14(5)6)16-15-10-8-7-9-11-15/h7-11H2,1-6H3/q+1. The number of rotatable bonds is 5. The molecule has 1 fully saturated rings. The van der Waals surface area contributed by atoms with Crippen molar-refractivity contribution in [2.24, 2.45) is 0 Å². The maximum Gasteiger partial charge on any atom is 0.393 e. The fraction of sp³-hybridized carbons (Fsp3) is 1.00. The molecule has 1 aliphatic rings. The summed E-state index contributed by atoms with van der Waals surface area (Å²) in [6, 6.07) is 0. The van der Waals surface area contributed by atoms with Gasteiger partial charge in [0.25, 0.3) is 0 Å². The van der Waals surface area contributed by atoms with E-state index in [1.165, 1.54) is 19.3 Å². The molecule has 0 aromatic carbocycles. The smallest absolute Gasteiger partial charge is 0.144 e. The summed E-state index contributed by atoms with van der Waals surface area (Å²) < 4.78 is 13.0. The van der Waals surface area contributed by atoms with Gasteiger partial charge in [-0.1, -0.05) is 11.0 Å². The van der Waals surface area contributed by atoms with Crippen molar-refractivity contribution in [2.45, 2.75) is 19.3 Å². The highest BCUT2D eigenvalue weighted by Gasteiger charge is 2.53. The first-order valence-electron chi connectivity index (χ1n) is 6.28. The fourth-order valence-electron chi connectivity index (χ4n) is 2.39. The van der Waals surface area contributed by atoms with E-state index in [1.54, 1.807) is 0 Å². The molecule has 0 N–H and O–H groups in total. The summed E-state index contributed by atoms with van der Waals surface area (Å²) in [6.07, 6.45) is 3.82. The quantitative estimate of drug-likeness (QED) is 0.703. The summed E-state index contributed by atoms with van der Waals surface area (Å²) in [5, 5.41) is 2.15. The van der Waals surface area contributed by atoms with E-state index in [0.717, 1.165) is 13.1 Å². The van der Waals surface area contributed by atoms with E-state index in [1.807, 2.05) is 0 Å². The summed E-state index contributed by atoms with van der Waals surface area (Å²) in [6.45, 7) is 2.11. The minimum Gasteiger partial charge on any atom is -0.144 e. The number of hydrogen-bond acceptors (Lipinski definition) is 5. The van der Waals surface area contributed by atoms with Gasteiger partial charge in [-0.05, 0) is 12.8 Å². The van der Waals surface area contributed by atoms with Crippen LogP contribution in [0.1, 0.15) is 19.3 Å². The van der Waals surface area contributed by atoms with Crippen LogP contribution in [0.15, 0.2) is 0 Å². The molecule has 1 saturated heterocycles. The molecule has 1 rings (SSSR count). The molecule has 0 amide bonds. The fourth-order valence-corrected chi connectivity index (χ4v) is 5.45. The van der Waals surface area contributed by atoms with Crippen LogP contribution < -0.4 is 0 Å². The summed E-state index contributed by atoms with van der Waals surface area (Å²) in [5.74, 6) is 0. The van der Waals surface area contributed by atoms with Crippen molar-refractivity contribution >= 4 is 7.94 Å². The van der Waals surface area contributed by atoms with Crippen molar-refractivity contribution in [3.05, 3.63) is 0 Å². The second-order valence-corrected chi connectivity index (χ2v) is 8.72. The van der Waals surface area contributed by atoms with Crippen molar-refractivity contribution in [2.75, 3.05) is 55.4 Å². The summed E-state index contributed by atoms with van der Waals surface area (Å²) in [7, 11) is 10.7. The van der Waals surface area contributed by atoms with Gasteiger partial charge in [-0.2, -0.15) is 0 Å². The maximum absolute atomic E-state index is 6.39. The summed E-state index contributed by atoms with van der Waals surface area (Å²) in [4.78, 5) is 0. The van der Waals surface area contributed by atoms with E-state index >= 15 is 0 Å². The Hall–Kier alpha value is 0.230. The molecular formula is C11H28N4OP+. The molecule has 0 aromatic rings. The van der Waals surface area contributed by atoms with Crippen molar-refractivity contribution < 1.29 is 4.62 Å². The molecule has 0 atom stereocenters. The Balaban J connectivity index is 2.81. The predicted octanol–water partition coefficient (Wildman–Crippen LogP) is 1.77. The molecule has 1 heterocycles. The lowest BCUT2D eigenvalue weighted by Gasteiger charge is -2.39. The maximum atomic E-state index is 6.39. The van der Waals surface area contributed by atoms with Gasteiger partial charge in [0.1, 0.15) is 0 Å². The van der Waals surface area contributed by atoms with Crippen LogP contribution in [0.25, 0.3) is 0 Å². The van der Waals surface area contributed by atoms with Gasteiger partial charge in [0, 0.05) is 55.4 Å². The first-order chi connectivity index (χ1) is 7.91. The van der Waals surface area contributed by atoms with Crippen LogP contribution in [0, 0.1) is 0 Å². The van der Waals surface area contributed by atoms with E-state index in [-0.39, 0.29) is 0 Å². The highest BCUT2D eigenvalue weighted by atomic mass is 31.2. The Morgan fingerprint density at radius 3 is 1.53 bits per heavy atom. The lowest BCUT2D eigenvalue weighted by atomic mass is 10.2. The zero-order valence-corrected chi connectivity index (χ0v) is 13.1. The first kappa shape index (κ1) is 15.3. The van der Waals surface area contributed by atoms with E-state index in [0.29, 0.717) is 0 Å². The van der Waals surface area contributed by atoms with Gasteiger partial charge in [-0.25, -0.2) is 0 Å². The Labute approximate surface area is 107 Å². The Morgan fingerprint density at radius 1 is 0.765 bits per heavy atom. The van der Waals surface area contributed by atoms with Crippen molar-refractivity contribution in [3.63, 3.8) is 0 Å². The number of hydroxylamine groups is 2. The van der Waals surface area contributed by atoms with Gasteiger partial charge < -0.3 is 0 Å².